The van der Waals surface area contributed by atoms with Crippen molar-refractivity contribution in [2.45, 2.75) is 64.1 Å². The average molecular weight is 441 g/mol. The molecule has 2 aromatic carbocycles. The quantitative estimate of drug-likeness (QED) is 0.407. The second-order valence-corrected chi connectivity index (χ2v) is 7.70. The summed E-state index contributed by atoms with van der Waals surface area (Å²) in [5.74, 6) is -1.63. The van der Waals surface area contributed by atoms with Gasteiger partial charge in [-0.1, -0.05) is 93.3 Å². The maximum atomic E-state index is 12.9. The number of carbonyl (C=O) groups excluding carboxylic acids is 2. The van der Waals surface area contributed by atoms with E-state index in [0.29, 0.717) is 12.8 Å². The Labute approximate surface area is 189 Å². The van der Waals surface area contributed by atoms with Crippen molar-refractivity contribution < 1.29 is 24.2 Å². The van der Waals surface area contributed by atoms with Gasteiger partial charge in [0.15, 0.2) is 0 Å². The molecule has 7 heteroatoms. The minimum Gasteiger partial charge on any atom is -0.480 e. The van der Waals surface area contributed by atoms with Gasteiger partial charge in [0.1, 0.15) is 18.7 Å². The van der Waals surface area contributed by atoms with Crippen molar-refractivity contribution in [1.29, 1.82) is 0 Å². The van der Waals surface area contributed by atoms with Crippen molar-refractivity contribution >= 4 is 18.0 Å². The molecule has 0 fully saturated rings. The third-order valence-electron chi connectivity index (χ3n) is 5.06. The van der Waals surface area contributed by atoms with E-state index < -0.39 is 30.1 Å². The molecule has 0 bridgehead atoms. The van der Waals surface area contributed by atoms with Crippen LogP contribution in [-0.4, -0.2) is 35.2 Å². The van der Waals surface area contributed by atoms with Crippen molar-refractivity contribution in [3.8, 4) is 0 Å². The Hall–Kier alpha value is -3.35. The molecule has 0 aliphatic carbocycles. The first kappa shape index (κ1) is 24.9. The summed E-state index contributed by atoms with van der Waals surface area (Å²) in [6, 6.07) is 16.5. The minimum atomic E-state index is -1.08. The number of benzene rings is 2. The molecule has 2 rings (SSSR count). The number of hydrogen-bond acceptors (Lipinski definition) is 4. The average Bonchev–Trinajstić information content (AvgIpc) is 2.80. The lowest BCUT2D eigenvalue weighted by Gasteiger charge is -2.21. The van der Waals surface area contributed by atoms with Gasteiger partial charge in [-0.2, -0.15) is 0 Å². The summed E-state index contributed by atoms with van der Waals surface area (Å²) >= 11 is 0. The first-order chi connectivity index (χ1) is 15.5. The van der Waals surface area contributed by atoms with E-state index in [4.69, 9.17) is 4.74 Å². The van der Waals surface area contributed by atoms with Crippen LogP contribution in [0.15, 0.2) is 60.7 Å². The molecule has 172 valence electrons. The molecular formula is C25H32N2O5. The smallest absolute Gasteiger partial charge is 0.408 e. The van der Waals surface area contributed by atoms with E-state index in [2.05, 4.69) is 17.6 Å². The fraction of sp³-hybridized carbons (Fsp3) is 0.400. The molecule has 0 unspecified atom stereocenters. The van der Waals surface area contributed by atoms with Gasteiger partial charge in [0.05, 0.1) is 0 Å². The van der Waals surface area contributed by atoms with E-state index in [9.17, 15) is 19.5 Å². The molecule has 0 aliphatic heterocycles. The summed E-state index contributed by atoms with van der Waals surface area (Å²) in [5, 5.41) is 14.7. The molecule has 0 heterocycles. The Morgan fingerprint density at radius 1 is 0.844 bits per heavy atom. The highest BCUT2D eigenvalue weighted by Gasteiger charge is 2.27. The number of unbranched alkanes of at least 4 members (excludes halogenated alkanes) is 3. The molecule has 2 aromatic rings. The number of alkyl carbamates (subject to hydrolysis) is 1. The van der Waals surface area contributed by atoms with Gasteiger partial charge in [-0.05, 0) is 17.5 Å². The summed E-state index contributed by atoms with van der Waals surface area (Å²) in [5.41, 5.74) is 1.66. The summed E-state index contributed by atoms with van der Waals surface area (Å²) in [6.45, 7) is 2.15. The van der Waals surface area contributed by atoms with Crippen LogP contribution in [0.3, 0.4) is 0 Å². The lowest BCUT2D eigenvalue weighted by atomic mass is 10.0. The molecule has 32 heavy (non-hydrogen) atoms. The van der Waals surface area contributed by atoms with Gasteiger partial charge < -0.3 is 20.5 Å². The first-order valence-corrected chi connectivity index (χ1v) is 11.0. The molecule has 0 saturated heterocycles. The number of ether oxygens (including phenoxy) is 1. The highest BCUT2D eigenvalue weighted by atomic mass is 16.5. The number of carboxylic acids is 1. The van der Waals surface area contributed by atoms with Crippen LogP contribution in [0.4, 0.5) is 4.79 Å². The fourth-order valence-electron chi connectivity index (χ4n) is 3.27. The predicted molar refractivity (Wildman–Crippen MR) is 122 cm³/mol. The molecule has 0 spiro atoms. The Kier molecular flexibility index (Phi) is 10.8. The van der Waals surface area contributed by atoms with Crippen LogP contribution in [0.25, 0.3) is 0 Å². The highest BCUT2D eigenvalue weighted by molar-refractivity contribution is 5.89. The number of carboxylic acid groups (broad SMARTS) is 1. The molecular weight excluding hydrogens is 408 g/mol. The lowest BCUT2D eigenvalue weighted by molar-refractivity contribution is -0.142. The van der Waals surface area contributed by atoms with Crippen molar-refractivity contribution in [2.24, 2.45) is 0 Å². The lowest BCUT2D eigenvalue weighted by Crippen LogP contribution is -2.52. The van der Waals surface area contributed by atoms with E-state index >= 15 is 0 Å². The summed E-state index contributed by atoms with van der Waals surface area (Å²) in [6.07, 6.45) is 3.51. The highest BCUT2D eigenvalue weighted by Crippen LogP contribution is 2.09. The molecule has 0 aromatic heterocycles. The zero-order valence-electron chi connectivity index (χ0n) is 18.5. The first-order valence-electron chi connectivity index (χ1n) is 11.0. The van der Waals surface area contributed by atoms with Gasteiger partial charge in [0.25, 0.3) is 0 Å². The molecule has 0 saturated carbocycles. The van der Waals surface area contributed by atoms with E-state index in [0.717, 1.165) is 30.4 Å². The van der Waals surface area contributed by atoms with Crippen LogP contribution in [0.2, 0.25) is 0 Å². The molecule has 0 aliphatic rings. The second kappa shape index (κ2) is 13.9. The zero-order valence-corrected chi connectivity index (χ0v) is 18.5. The molecule has 0 radical (unpaired) electrons. The Morgan fingerprint density at radius 3 is 2.06 bits per heavy atom. The van der Waals surface area contributed by atoms with Gasteiger partial charge in [0, 0.05) is 6.42 Å². The van der Waals surface area contributed by atoms with Gasteiger partial charge >= 0.3 is 12.1 Å². The predicted octanol–water partition coefficient (Wildman–Crippen LogP) is 4.06. The van der Waals surface area contributed by atoms with Crippen molar-refractivity contribution in [3.05, 3.63) is 71.8 Å². The maximum Gasteiger partial charge on any atom is 0.408 e. The van der Waals surface area contributed by atoms with Crippen LogP contribution in [0.5, 0.6) is 0 Å². The third kappa shape index (κ3) is 9.20. The SMILES string of the molecule is CCCCCC[C@H](NC(=O)[C@@H](Cc1ccccc1)NC(=O)OCc1ccccc1)C(=O)O. The largest absolute Gasteiger partial charge is 0.480 e. The Bertz CT molecular complexity index is 842. The topological polar surface area (TPSA) is 105 Å². The number of nitrogens with one attached hydrogen (secondary N) is 2. The van der Waals surface area contributed by atoms with Gasteiger partial charge in [-0.15, -0.1) is 0 Å². The molecule has 7 nitrogen and oxygen atoms in total. The van der Waals surface area contributed by atoms with Crippen molar-refractivity contribution in [1.82, 2.24) is 10.6 Å². The van der Waals surface area contributed by atoms with Crippen molar-refractivity contribution in [3.63, 3.8) is 0 Å². The van der Waals surface area contributed by atoms with Gasteiger partial charge in [0.2, 0.25) is 5.91 Å². The van der Waals surface area contributed by atoms with E-state index in [-0.39, 0.29) is 13.0 Å². The van der Waals surface area contributed by atoms with Crippen LogP contribution >= 0.6 is 0 Å². The normalized spacial score (nSPS) is 12.4. The second-order valence-electron chi connectivity index (χ2n) is 7.70. The third-order valence-corrected chi connectivity index (χ3v) is 5.06. The Balaban J connectivity index is 2.01. The number of aliphatic carboxylic acids is 1. The summed E-state index contributed by atoms with van der Waals surface area (Å²) in [7, 11) is 0. The monoisotopic (exact) mass is 440 g/mol. The van der Waals surface area contributed by atoms with Gasteiger partial charge in [-0.25, -0.2) is 9.59 Å². The fourth-order valence-corrected chi connectivity index (χ4v) is 3.27. The Morgan fingerprint density at radius 2 is 1.47 bits per heavy atom. The van der Waals surface area contributed by atoms with Gasteiger partial charge in [-0.3, -0.25) is 4.79 Å². The number of hydrogen-bond donors (Lipinski definition) is 3. The maximum absolute atomic E-state index is 12.9. The van der Waals surface area contributed by atoms with E-state index in [1.807, 2.05) is 60.7 Å². The van der Waals surface area contributed by atoms with Crippen LogP contribution < -0.4 is 10.6 Å². The zero-order chi connectivity index (χ0) is 23.2. The van der Waals surface area contributed by atoms with Crippen LogP contribution in [0.1, 0.15) is 50.2 Å². The molecule has 3 N–H and O–H groups in total. The number of amides is 2. The molecule has 2 atom stereocenters. The van der Waals surface area contributed by atoms with Crippen LogP contribution in [0, 0.1) is 0 Å². The number of rotatable bonds is 13. The minimum absolute atomic E-state index is 0.0710. The summed E-state index contributed by atoms with van der Waals surface area (Å²) in [4.78, 5) is 36.9. The van der Waals surface area contributed by atoms with E-state index in [1.54, 1.807) is 0 Å². The summed E-state index contributed by atoms with van der Waals surface area (Å²) < 4.78 is 5.24. The molecule has 2 amide bonds. The number of carbonyl (C=O) groups is 3. The van der Waals surface area contributed by atoms with Crippen LogP contribution in [-0.2, 0) is 27.4 Å². The van der Waals surface area contributed by atoms with Crippen molar-refractivity contribution in [2.75, 3.05) is 0 Å². The van der Waals surface area contributed by atoms with E-state index in [1.165, 1.54) is 0 Å². The standard InChI is InChI=1S/C25H32N2O5/c1-2-3-4-11-16-21(24(29)30)26-23(28)22(17-19-12-7-5-8-13-19)27-25(31)32-18-20-14-9-6-10-15-20/h5-10,12-15,21-22H,2-4,11,16-18H2,1H3,(H,26,28)(H,27,31)(H,29,30)/t21-,22+/m0/s1.